The highest BCUT2D eigenvalue weighted by atomic mass is 16.6. The first-order valence-corrected chi connectivity index (χ1v) is 10.1. The minimum Gasteiger partial charge on any atom is -0.457 e. The van der Waals surface area contributed by atoms with Gasteiger partial charge in [-0.1, -0.05) is 26.8 Å². The average molecular weight is 357 g/mol. The zero-order chi connectivity index (χ0) is 18.7. The maximum atomic E-state index is 12.8. The lowest BCUT2D eigenvalue weighted by Crippen LogP contribution is -2.45. The van der Waals surface area contributed by atoms with Crippen LogP contribution in [-0.4, -0.2) is 42.4 Å². The number of carbonyl (C=O) groups is 2. The lowest BCUT2D eigenvalue weighted by atomic mass is 9.61. The van der Waals surface area contributed by atoms with Gasteiger partial charge in [0.15, 0.2) is 5.78 Å². The van der Waals surface area contributed by atoms with Crippen LogP contribution in [0.2, 0.25) is 0 Å². The van der Waals surface area contributed by atoms with E-state index in [4.69, 9.17) is 4.74 Å². The lowest BCUT2D eigenvalue weighted by Gasteiger charge is -2.44. The van der Waals surface area contributed by atoms with Crippen molar-refractivity contribution in [1.82, 2.24) is 4.90 Å². The molecule has 2 aliphatic heterocycles. The van der Waals surface area contributed by atoms with Gasteiger partial charge in [0.25, 0.3) is 0 Å². The Morgan fingerprint density at radius 2 is 2.00 bits per heavy atom. The van der Waals surface area contributed by atoms with Crippen LogP contribution in [0.5, 0.6) is 0 Å². The normalized spacial score (nSPS) is 39.6. The third-order valence-corrected chi connectivity index (χ3v) is 7.16. The molecule has 0 aromatic rings. The molecule has 0 spiro atoms. The van der Waals surface area contributed by atoms with Crippen molar-refractivity contribution in [2.24, 2.45) is 22.7 Å². The molecule has 0 aromatic carbocycles. The average Bonchev–Trinajstić information content (AvgIpc) is 2.86. The molecular weight excluding hydrogens is 326 g/mol. The van der Waals surface area contributed by atoms with Crippen LogP contribution in [0.1, 0.15) is 53.4 Å². The third-order valence-electron chi connectivity index (χ3n) is 7.16. The highest BCUT2D eigenvalue weighted by molar-refractivity contribution is 6.05. The van der Waals surface area contributed by atoms with Gasteiger partial charge in [-0.05, 0) is 56.2 Å². The van der Waals surface area contributed by atoms with Gasteiger partial charge in [-0.25, -0.2) is 0 Å². The summed E-state index contributed by atoms with van der Waals surface area (Å²) in [5, 5.41) is 0. The number of nitrogens with zero attached hydrogens (tertiary/aromatic N) is 1. The Morgan fingerprint density at radius 3 is 2.73 bits per heavy atom. The van der Waals surface area contributed by atoms with E-state index in [-0.39, 0.29) is 35.1 Å². The van der Waals surface area contributed by atoms with Crippen molar-refractivity contribution in [1.29, 1.82) is 0 Å². The fourth-order valence-electron chi connectivity index (χ4n) is 5.76. The minimum atomic E-state index is -0.210. The molecule has 26 heavy (non-hydrogen) atoms. The summed E-state index contributed by atoms with van der Waals surface area (Å²) in [6.07, 6.45) is 7.95. The molecular formula is C22H31NO3. The number of rotatable bonds is 2. The molecule has 1 saturated carbocycles. The predicted octanol–water partition coefficient (Wildman–Crippen LogP) is 3.52. The molecule has 4 aliphatic rings. The predicted molar refractivity (Wildman–Crippen MR) is 101 cm³/mol. The molecule has 0 amide bonds. The topological polar surface area (TPSA) is 46.6 Å². The summed E-state index contributed by atoms with van der Waals surface area (Å²) in [7, 11) is 0. The van der Waals surface area contributed by atoms with Crippen LogP contribution < -0.4 is 0 Å². The van der Waals surface area contributed by atoms with E-state index in [1.807, 2.05) is 13.0 Å². The van der Waals surface area contributed by atoms with Crippen molar-refractivity contribution < 1.29 is 14.3 Å². The van der Waals surface area contributed by atoms with E-state index in [2.05, 4.69) is 25.7 Å². The van der Waals surface area contributed by atoms with E-state index < -0.39 is 0 Å². The largest absolute Gasteiger partial charge is 0.457 e. The SMILES string of the molecule is CC1=C2[C@H]3OC(=O)[C@H](CN4CCCC(C)(C)C4)[C@@H]3CC[C@]2(C)C=CC1=O. The van der Waals surface area contributed by atoms with E-state index in [1.54, 1.807) is 6.08 Å². The zero-order valence-corrected chi connectivity index (χ0v) is 16.5. The molecule has 4 heteroatoms. The molecule has 4 rings (SSSR count). The quantitative estimate of drug-likeness (QED) is 0.710. The van der Waals surface area contributed by atoms with Gasteiger partial charge in [0, 0.05) is 30.0 Å². The number of fused-ring (bicyclic) bond motifs is 3. The Labute approximate surface area is 156 Å². The van der Waals surface area contributed by atoms with Crippen molar-refractivity contribution in [2.75, 3.05) is 19.6 Å². The fraction of sp³-hybridized carbons (Fsp3) is 0.727. The maximum absolute atomic E-state index is 12.8. The smallest absolute Gasteiger partial charge is 0.311 e. The van der Waals surface area contributed by atoms with Gasteiger partial charge in [-0.15, -0.1) is 0 Å². The molecule has 2 heterocycles. The molecule has 142 valence electrons. The molecule has 2 saturated heterocycles. The van der Waals surface area contributed by atoms with Gasteiger partial charge in [0.1, 0.15) is 6.10 Å². The number of likely N-dealkylation sites (tertiary alicyclic amines) is 1. The molecule has 4 nitrogen and oxygen atoms in total. The van der Waals surface area contributed by atoms with Crippen LogP contribution in [0.15, 0.2) is 23.3 Å². The molecule has 4 atom stereocenters. The number of ether oxygens (including phenoxy) is 1. The van der Waals surface area contributed by atoms with E-state index in [0.717, 1.165) is 43.6 Å². The van der Waals surface area contributed by atoms with Crippen molar-refractivity contribution in [2.45, 2.75) is 59.5 Å². The second kappa shape index (κ2) is 6.05. The van der Waals surface area contributed by atoms with Gasteiger partial charge in [0.05, 0.1) is 5.92 Å². The first-order chi connectivity index (χ1) is 12.2. The Morgan fingerprint density at radius 1 is 1.23 bits per heavy atom. The zero-order valence-electron chi connectivity index (χ0n) is 16.5. The molecule has 2 aliphatic carbocycles. The first-order valence-electron chi connectivity index (χ1n) is 10.1. The van der Waals surface area contributed by atoms with Crippen LogP contribution in [0.4, 0.5) is 0 Å². The number of hydrogen-bond donors (Lipinski definition) is 0. The molecule has 0 unspecified atom stereocenters. The molecule has 0 radical (unpaired) electrons. The molecule has 3 fully saturated rings. The minimum absolute atomic E-state index is 0.0558. The number of hydrogen-bond acceptors (Lipinski definition) is 4. The maximum Gasteiger partial charge on any atom is 0.311 e. The van der Waals surface area contributed by atoms with Gasteiger partial charge < -0.3 is 9.64 Å². The van der Waals surface area contributed by atoms with Gasteiger partial charge in [-0.3, -0.25) is 9.59 Å². The van der Waals surface area contributed by atoms with E-state index >= 15 is 0 Å². The van der Waals surface area contributed by atoms with Crippen molar-refractivity contribution >= 4 is 11.8 Å². The highest BCUT2D eigenvalue weighted by Gasteiger charge is 2.54. The van der Waals surface area contributed by atoms with Crippen molar-refractivity contribution in [3.8, 4) is 0 Å². The van der Waals surface area contributed by atoms with Gasteiger partial charge in [-0.2, -0.15) is 0 Å². The Balaban J connectivity index is 1.57. The van der Waals surface area contributed by atoms with Crippen molar-refractivity contribution in [3.63, 3.8) is 0 Å². The van der Waals surface area contributed by atoms with E-state index in [9.17, 15) is 9.59 Å². The molecule has 0 bridgehead atoms. The second-order valence-corrected chi connectivity index (χ2v) is 9.82. The standard InChI is InChI=1S/C22H31NO3/c1-14-17(24)7-10-22(4)9-6-15-16(20(25)26-19(15)18(14)22)12-23-11-5-8-21(2,3)13-23/h7,10,15-16,19H,5-6,8-9,11-13H2,1-4H3/t15-,16+,19-,22+/m0/s1. The van der Waals surface area contributed by atoms with E-state index in [0.29, 0.717) is 5.41 Å². The van der Waals surface area contributed by atoms with Crippen LogP contribution in [-0.2, 0) is 14.3 Å². The summed E-state index contributed by atoms with van der Waals surface area (Å²) >= 11 is 0. The lowest BCUT2D eigenvalue weighted by molar-refractivity contribution is -0.144. The summed E-state index contributed by atoms with van der Waals surface area (Å²) in [4.78, 5) is 27.5. The fourth-order valence-corrected chi connectivity index (χ4v) is 5.76. The number of ketones is 1. The van der Waals surface area contributed by atoms with Crippen LogP contribution >= 0.6 is 0 Å². The Hall–Kier alpha value is -1.42. The summed E-state index contributed by atoms with van der Waals surface area (Å²) in [6.45, 7) is 11.6. The number of allylic oxidation sites excluding steroid dienone is 3. The third kappa shape index (κ3) is 2.87. The Bertz CT molecular complexity index is 704. The number of carbonyl (C=O) groups excluding carboxylic acids is 2. The van der Waals surface area contributed by atoms with Crippen LogP contribution in [0, 0.1) is 22.7 Å². The Kier molecular flexibility index (Phi) is 4.18. The number of esters is 1. The van der Waals surface area contributed by atoms with Crippen LogP contribution in [0.25, 0.3) is 0 Å². The van der Waals surface area contributed by atoms with Crippen molar-refractivity contribution in [3.05, 3.63) is 23.3 Å². The number of piperidine rings is 1. The summed E-state index contributed by atoms with van der Waals surface area (Å²) in [5.41, 5.74) is 2.04. The first kappa shape index (κ1) is 18.0. The monoisotopic (exact) mass is 357 g/mol. The molecule has 0 N–H and O–H groups in total. The highest BCUT2D eigenvalue weighted by Crippen LogP contribution is 2.53. The van der Waals surface area contributed by atoms with Gasteiger partial charge >= 0.3 is 5.97 Å². The molecule has 0 aromatic heterocycles. The second-order valence-electron chi connectivity index (χ2n) is 9.82. The summed E-state index contributed by atoms with van der Waals surface area (Å²) in [6, 6.07) is 0. The van der Waals surface area contributed by atoms with Crippen LogP contribution in [0.3, 0.4) is 0 Å². The van der Waals surface area contributed by atoms with E-state index in [1.165, 1.54) is 12.8 Å². The van der Waals surface area contributed by atoms with Gasteiger partial charge in [0.2, 0.25) is 0 Å². The summed E-state index contributed by atoms with van der Waals surface area (Å²) in [5.74, 6) is 0.162. The summed E-state index contributed by atoms with van der Waals surface area (Å²) < 4.78 is 5.92.